The first-order chi connectivity index (χ1) is 14.2. The summed E-state index contributed by atoms with van der Waals surface area (Å²) in [6.45, 7) is 1.57. The molecular formula is C24H21ClN2O2. The number of rotatable bonds is 7. The number of aromatic nitrogens is 1. The molecule has 0 aliphatic carbocycles. The van der Waals surface area contributed by atoms with E-state index in [4.69, 9.17) is 16.0 Å². The number of hydrogen-bond donors (Lipinski definition) is 0. The molecule has 0 aliphatic rings. The summed E-state index contributed by atoms with van der Waals surface area (Å²) in [6, 6.07) is 25.1. The van der Waals surface area contributed by atoms with Crippen LogP contribution in [0.15, 0.2) is 95.7 Å². The fourth-order valence-corrected chi connectivity index (χ4v) is 3.53. The third kappa shape index (κ3) is 4.61. The van der Waals surface area contributed by atoms with Crippen LogP contribution in [0.2, 0.25) is 5.02 Å². The molecule has 4 aromatic rings. The molecule has 4 rings (SSSR count). The topological polar surface area (TPSA) is 38.4 Å². The molecule has 0 spiro atoms. The zero-order valence-corrected chi connectivity index (χ0v) is 16.6. The summed E-state index contributed by atoms with van der Waals surface area (Å²) in [7, 11) is 0. The van der Waals surface area contributed by atoms with Crippen molar-refractivity contribution >= 4 is 17.5 Å². The molecule has 2 aromatic heterocycles. The van der Waals surface area contributed by atoms with Crippen LogP contribution in [-0.4, -0.2) is 15.4 Å². The molecule has 0 unspecified atom stereocenters. The minimum atomic E-state index is -0.125. The molecule has 0 atom stereocenters. The van der Waals surface area contributed by atoms with Crippen LogP contribution in [0.4, 0.5) is 0 Å². The van der Waals surface area contributed by atoms with Crippen molar-refractivity contribution in [3.63, 3.8) is 0 Å². The molecule has 0 aliphatic heterocycles. The number of amides is 1. The molecule has 4 nitrogen and oxygen atoms in total. The molecule has 146 valence electrons. The summed E-state index contributed by atoms with van der Waals surface area (Å²) in [5, 5.41) is 0.446. The van der Waals surface area contributed by atoms with Gasteiger partial charge in [0.05, 0.1) is 29.9 Å². The van der Waals surface area contributed by atoms with Gasteiger partial charge in [0.1, 0.15) is 5.76 Å². The number of furan rings is 1. The highest BCUT2D eigenvalue weighted by atomic mass is 35.5. The zero-order valence-electron chi connectivity index (χ0n) is 15.9. The van der Waals surface area contributed by atoms with Crippen LogP contribution in [0.25, 0.3) is 0 Å². The van der Waals surface area contributed by atoms with E-state index < -0.39 is 0 Å². The standard InChI is InChI=1S/C24H21ClN2O2/c25-23-13-5-4-12-22(23)24(28)27(18-21-11-7-15-29-21)17-20-10-6-14-26(20)16-19-8-2-1-3-9-19/h1-15H,16-18H2. The number of nitrogens with zero attached hydrogens (tertiary/aromatic N) is 2. The number of hydrogen-bond acceptors (Lipinski definition) is 2. The molecule has 29 heavy (non-hydrogen) atoms. The second-order valence-electron chi connectivity index (χ2n) is 6.83. The van der Waals surface area contributed by atoms with E-state index in [0.29, 0.717) is 23.7 Å². The summed E-state index contributed by atoms with van der Waals surface area (Å²) in [6.07, 6.45) is 3.65. The van der Waals surface area contributed by atoms with Gasteiger partial charge in [0.25, 0.3) is 5.91 Å². The predicted octanol–water partition coefficient (Wildman–Crippen LogP) is 5.63. The number of carbonyl (C=O) groups excluding carboxylic acids is 1. The largest absolute Gasteiger partial charge is 0.467 e. The van der Waals surface area contributed by atoms with E-state index in [1.54, 1.807) is 23.3 Å². The van der Waals surface area contributed by atoms with Crippen LogP contribution in [0.3, 0.4) is 0 Å². The smallest absolute Gasteiger partial charge is 0.256 e. The van der Waals surface area contributed by atoms with Gasteiger partial charge in [-0.1, -0.05) is 54.1 Å². The summed E-state index contributed by atoms with van der Waals surface area (Å²) in [5.41, 5.74) is 2.74. The molecule has 0 N–H and O–H groups in total. The Morgan fingerprint density at radius 3 is 2.45 bits per heavy atom. The van der Waals surface area contributed by atoms with Gasteiger partial charge in [0.2, 0.25) is 0 Å². The molecule has 0 saturated heterocycles. The average Bonchev–Trinajstić information content (AvgIpc) is 3.41. The molecule has 0 saturated carbocycles. The van der Waals surface area contributed by atoms with E-state index in [1.807, 2.05) is 60.8 Å². The summed E-state index contributed by atoms with van der Waals surface area (Å²) < 4.78 is 7.65. The van der Waals surface area contributed by atoms with E-state index in [0.717, 1.165) is 18.0 Å². The molecule has 2 heterocycles. The highest BCUT2D eigenvalue weighted by molar-refractivity contribution is 6.33. The van der Waals surface area contributed by atoms with Crippen molar-refractivity contribution in [3.8, 4) is 0 Å². The van der Waals surface area contributed by atoms with Gasteiger partial charge >= 0.3 is 0 Å². The maximum Gasteiger partial charge on any atom is 0.256 e. The summed E-state index contributed by atoms with van der Waals surface area (Å²) >= 11 is 6.29. The van der Waals surface area contributed by atoms with E-state index >= 15 is 0 Å². The van der Waals surface area contributed by atoms with Crippen LogP contribution >= 0.6 is 11.6 Å². The lowest BCUT2D eigenvalue weighted by atomic mass is 10.2. The van der Waals surface area contributed by atoms with E-state index in [-0.39, 0.29) is 5.91 Å². The fraction of sp³-hybridized carbons (Fsp3) is 0.125. The van der Waals surface area contributed by atoms with Gasteiger partial charge in [-0.3, -0.25) is 4.79 Å². The molecule has 0 radical (unpaired) electrons. The van der Waals surface area contributed by atoms with Gasteiger partial charge in [-0.05, 0) is 42.0 Å². The molecular weight excluding hydrogens is 384 g/mol. The Morgan fingerprint density at radius 2 is 1.69 bits per heavy atom. The van der Waals surface area contributed by atoms with Gasteiger partial charge in [-0.2, -0.15) is 0 Å². The highest BCUT2D eigenvalue weighted by Crippen LogP contribution is 2.21. The van der Waals surface area contributed by atoms with Crippen molar-refractivity contribution < 1.29 is 9.21 Å². The van der Waals surface area contributed by atoms with Crippen molar-refractivity contribution in [1.29, 1.82) is 0 Å². The Labute approximate surface area is 175 Å². The average molecular weight is 405 g/mol. The van der Waals surface area contributed by atoms with Gasteiger partial charge < -0.3 is 13.9 Å². The second kappa shape index (κ2) is 8.84. The van der Waals surface area contributed by atoms with Crippen LogP contribution in [0.5, 0.6) is 0 Å². The highest BCUT2D eigenvalue weighted by Gasteiger charge is 2.21. The van der Waals surface area contributed by atoms with Gasteiger partial charge in [-0.15, -0.1) is 0 Å². The lowest BCUT2D eigenvalue weighted by molar-refractivity contribution is 0.0714. The number of benzene rings is 2. The Bertz CT molecular complexity index is 1070. The normalized spacial score (nSPS) is 10.8. The van der Waals surface area contributed by atoms with Gasteiger partial charge in [0, 0.05) is 18.4 Å². The Balaban J connectivity index is 1.60. The van der Waals surface area contributed by atoms with Gasteiger partial charge in [0.15, 0.2) is 0 Å². The van der Waals surface area contributed by atoms with Crippen molar-refractivity contribution in [2.24, 2.45) is 0 Å². The van der Waals surface area contributed by atoms with Crippen LogP contribution in [-0.2, 0) is 19.6 Å². The predicted molar refractivity (Wildman–Crippen MR) is 114 cm³/mol. The van der Waals surface area contributed by atoms with E-state index in [1.165, 1.54) is 5.56 Å². The quantitative estimate of drug-likeness (QED) is 0.400. The minimum Gasteiger partial charge on any atom is -0.467 e. The molecule has 0 bridgehead atoms. The third-order valence-electron chi connectivity index (χ3n) is 4.79. The monoisotopic (exact) mass is 404 g/mol. The van der Waals surface area contributed by atoms with Crippen LogP contribution < -0.4 is 0 Å². The van der Waals surface area contributed by atoms with Crippen molar-refractivity contribution in [2.75, 3.05) is 0 Å². The van der Waals surface area contributed by atoms with Crippen LogP contribution in [0, 0.1) is 0 Å². The van der Waals surface area contributed by atoms with E-state index in [9.17, 15) is 4.79 Å². The third-order valence-corrected chi connectivity index (χ3v) is 5.12. The van der Waals surface area contributed by atoms with Crippen LogP contribution in [0.1, 0.15) is 27.4 Å². The zero-order chi connectivity index (χ0) is 20.1. The molecule has 1 amide bonds. The fourth-order valence-electron chi connectivity index (χ4n) is 3.32. The molecule has 0 fully saturated rings. The maximum atomic E-state index is 13.3. The van der Waals surface area contributed by atoms with Crippen molar-refractivity contribution in [3.05, 3.63) is 119 Å². The first-order valence-corrected chi connectivity index (χ1v) is 9.82. The second-order valence-corrected chi connectivity index (χ2v) is 7.24. The van der Waals surface area contributed by atoms with Crippen molar-refractivity contribution in [2.45, 2.75) is 19.6 Å². The molecule has 5 heteroatoms. The summed E-state index contributed by atoms with van der Waals surface area (Å²) in [5.74, 6) is 0.603. The number of halogens is 1. The number of carbonyl (C=O) groups is 1. The van der Waals surface area contributed by atoms with E-state index in [2.05, 4.69) is 16.7 Å². The van der Waals surface area contributed by atoms with Crippen molar-refractivity contribution in [1.82, 2.24) is 9.47 Å². The first-order valence-electron chi connectivity index (χ1n) is 9.45. The lowest BCUT2D eigenvalue weighted by Gasteiger charge is -2.23. The maximum absolute atomic E-state index is 13.3. The first kappa shape index (κ1) is 19.1. The molecule has 2 aromatic carbocycles. The summed E-state index contributed by atoms with van der Waals surface area (Å²) in [4.78, 5) is 15.0. The lowest BCUT2D eigenvalue weighted by Crippen LogP contribution is -2.31. The SMILES string of the molecule is O=C(c1ccccc1Cl)N(Cc1ccco1)Cc1cccn1Cc1ccccc1. The Kier molecular flexibility index (Phi) is 5.82. The Morgan fingerprint density at radius 1 is 0.897 bits per heavy atom. The van der Waals surface area contributed by atoms with Gasteiger partial charge in [-0.25, -0.2) is 0 Å². The Hall–Kier alpha value is -3.24. The minimum absolute atomic E-state index is 0.125.